The Kier molecular flexibility index (Phi) is 42.6. The van der Waals surface area contributed by atoms with Crippen LogP contribution >= 0.6 is 0 Å². The third-order valence-electron chi connectivity index (χ3n) is 0.447. The van der Waals surface area contributed by atoms with E-state index in [2.05, 4.69) is 5.32 Å². The van der Waals surface area contributed by atoms with Crippen LogP contribution in [-0.4, -0.2) is 24.8 Å². The van der Waals surface area contributed by atoms with Crippen LogP contribution in [0.5, 0.6) is 0 Å². The van der Waals surface area contributed by atoms with Crippen LogP contribution in [0.3, 0.4) is 0 Å². The average Bonchev–Trinajstić information content (AvgIpc) is 1.71. The van der Waals surface area contributed by atoms with Crippen molar-refractivity contribution in [3.8, 4) is 0 Å². The molecule has 0 spiro atoms. The van der Waals surface area contributed by atoms with Gasteiger partial charge in [-0.2, -0.15) is 13.1 Å². The van der Waals surface area contributed by atoms with Crippen molar-refractivity contribution >= 4 is 0 Å². The molecule has 0 aliphatic rings. The summed E-state index contributed by atoms with van der Waals surface area (Å²) >= 11 is 0. The van der Waals surface area contributed by atoms with Crippen molar-refractivity contribution in [3.63, 3.8) is 0 Å². The zero-order valence-corrected chi connectivity index (χ0v) is 7.02. The van der Waals surface area contributed by atoms with Gasteiger partial charge in [-0.15, -0.1) is 0 Å². The first-order valence-electron chi connectivity index (χ1n) is 3.07. The zero-order valence-electron chi connectivity index (χ0n) is 7.02. The first-order valence-corrected chi connectivity index (χ1v) is 3.07. The van der Waals surface area contributed by atoms with Gasteiger partial charge in [0.1, 0.15) is 0 Å². The Morgan fingerprint density at radius 2 is 1.33 bits per heavy atom. The van der Waals surface area contributed by atoms with Crippen molar-refractivity contribution < 1.29 is 24.0 Å². The van der Waals surface area contributed by atoms with Crippen LogP contribution in [0.15, 0.2) is 0 Å². The molecule has 0 aliphatic heterocycles. The summed E-state index contributed by atoms with van der Waals surface area (Å²) in [7, 11) is 0. The van der Waals surface area contributed by atoms with Crippen LogP contribution in [0, 0.1) is 0 Å². The third kappa shape index (κ3) is 57.1. The molecule has 0 radical (unpaired) electrons. The molecule has 0 saturated heterocycles. The molecule has 2 nitrogen and oxygen atoms in total. The molecule has 3 heteroatoms. The van der Waals surface area contributed by atoms with Gasteiger partial charge in [0.15, 0.2) is 0 Å². The molecule has 0 rings (SSSR count). The molecule has 1 N–H and O–H groups in total. The Morgan fingerprint density at radius 3 is 1.33 bits per heavy atom. The maximum Gasteiger partial charge on any atom is 1.00 e. The Morgan fingerprint density at radius 1 is 1.11 bits per heavy atom. The van der Waals surface area contributed by atoms with Crippen LogP contribution in [-0.2, 0) is 0 Å². The Balaban J connectivity index is -0.0000000800. The van der Waals surface area contributed by atoms with Gasteiger partial charge in [0.05, 0.1) is 0 Å². The monoisotopic (exact) mass is 125 g/mol. The largest absolute Gasteiger partial charge is 1.00 e. The van der Waals surface area contributed by atoms with E-state index in [9.17, 15) is 0 Å². The third-order valence-corrected chi connectivity index (χ3v) is 0.447. The second kappa shape index (κ2) is 23.6. The smallest absolute Gasteiger partial charge is 0.663 e. The summed E-state index contributed by atoms with van der Waals surface area (Å²) in [4.78, 5) is 0. The predicted octanol–water partition coefficient (Wildman–Crippen LogP) is -1.60. The molecular weight excluding hydrogens is 109 g/mol. The van der Waals surface area contributed by atoms with Crippen LogP contribution < -0.4 is 18.9 Å². The molecule has 0 amide bonds. The standard InChI is InChI=1S/C4H10N.C2H6O.Li/c1-3-5-4-2;1-2-3;/h3-4H2,1-2H3;3H,2H2,1H3;/q-1;;+1. The van der Waals surface area contributed by atoms with Crippen molar-refractivity contribution in [2.75, 3.05) is 19.7 Å². The molecular formula is C6H16LiNO. The maximum atomic E-state index is 7.57. The van der Waals surface area contributed by atoms with Gasteiger partial charge < -0.3 is 10.4 Å². The van der Waals surface area contributed by atoms with Gasteiger partial charge in [-0.3, -0.25) is 0 Å². The summed E-state index contributed by atoms with van der Waals surface area (Å²) in [6, 6.07) is 0. The molecule has 0 heterocycles. The first-order chi connectivity index (χ1) is 3.83. The minimum atomic E-state index is 0. The average molecular weight is 125 g/mol. The van der Waals surface area contributed by atoms with E-state index < -0.39 is 0 Å². The fraction of sp³-hybridized carbons (Fsp3) is 1.00. The van der Waals surface area contributed by atoms with Crippen molar-refractivity contribution in [1.82, 2.24) is 0 Å². The molecule has 0 bridgehead atoms. The minimum absolute atomic E-state index is 0. The van der Waals surface area contributed by atoms with E-state index in [1.807, 2.05) is 13.8 Å². The van der Waals surface area contributed by atoms with Gasteiger partial charge in [-0.1, -0.05) is 13.8 Å². The Labute approximate surface area is 70.2 Å². The minimum Gasteiger partial charge on any atom is -0.663 e. The predicted molar refractivity (Wildman–Crippen MR) is 37.2 cm³/mol. The topological polar surface area (TPSA) is 34.3 Å². The molecule has 52 valence electrons. The number of nitrogens with zero attached hydrogens (tertiary/aromatic N) is 1. The second-order valence-corrected chi connectivity index (χ2v) is 1.17. The number of rotatable bonds is 2. The summed E-state index contributed by atoms with van der Waals surface area (Å²) < 4.78 is 0. The number of aliphatic hydroxyl groups excluding tert-OH is 1. The molecule has 0 aromatic heterocycles. The van der Waals surface area contributed by atoms with Gasteiger partial charge in [0, 0.05) is 6.61 Å². The fourth-order valence-corrected chi connectivity index (χ4v) is 0.224. The summed E-state index contributed by atoms with van der Waals surface area (Å²) in [5.41, 5.74) is 0. The molecule has 0 saturated carbocycles. The van der Waals surface area contributed by atoms with Crippen LogP contribution in [0.4, 0.5) is 0 Å². The summed E-state index contributed by atoms with van der Waals surface area (Å²) in [6.45, 7) is 7.96. The zero-order chi connectivity index (χ0) is 6.83. The molecule has 0 aromatic rings. The van der Waals surface area contributed by atoms with Crippen molar-refractivity contribution in [3.05, 3.63) is 5.32 Å². The quantitative estimate of drug-likeness (QED) is 0.443. The maximum absolute atomic E-state index is 7.57. The van der Waals surface area contributed by atoms with Crippen LogP contribution in [0.25, 0.3) is 5.32 Å². The number of hydrogen-bond acceptors (Lipinski definition) is 1. The van der Waals surface area contributed by atoms with Crippen molar-refractivity contribution in [2.45, 2.75) is 20.8 Å². The van der Waals surface area contributed by atoms with Crippen molar-refractivity contribution in [1.29, 1.82) is 0 Å². The van der Waals surface area contributed by atoms with Crippen molar-refractivity contribution in [2.24, 2.45) is 0 Å². The van der Waals surface area contributed by atoms with E-state index in [4.69, 9.17) is 5.11 Å². The van der Waals surface area contributed by atoms with Gasteiger partial charge in [0.25, 0.3) is 0 Å². The van der Waals surface area contributed by atoms with Gasteiger partial charge in [0.2, 0.25) is 0 Å². The van der Waals surface area contributed by atoms with Crippen LogP contribution in [0.1, 0.15) is 20.8 Å². The van der Waals surface area contributed by atoms with E-state index in [1.54, 1.807) is 6.92 Å². The fourth-order valence-electron chi connectivity index (χ4n) is 0.224. The van der Waals surface area contributed by atoms with E-state index in [0.717, 1.165) is 13.1 Å². The first kappa shape index (κ1) is 16.3. The number of hydrogen-bond donors (Lipinski definition) is 1. The van der Waals surface area contributed by atoms with E-state index in [1.165, 1.54) is 0 Å². The number of aliphatic hydroxyl groups is 1. The van der Waals surface area contributed by atoms with E-state index in [-0.39, 0.29) is 25.5 Å². The summed E-state index contributed by atoms with van der Waals surface area (Å²) in [6.07, 6.45) is 0. The summed E-state index contributed by atoms with van der Waals surface area (Å²) in [5, 5.41) is 11.5. The Bertz CT molecular complexity index is 27.0. The molecule has 0 atom stereocenters. The molecule has 9 heavy (non-hydrogen) atoms. The van der Waals surface area contributed by atoms with E-state index in [0.29, 0.717) is 0 Å². The van der Waals surface area contributed by atoms with Gasteiger partial charge in [-0.25, -0.2) is 0 Å². The van der Waals surface area contributed by atoms with Gasteiger partial charge >= 0.3 is 18.9 Å². The Hall–Kier alpha value is 0.517. The SMILES string of the molecule is CCO.CC[N-]CC.[Li+]. The molecule has 0 aliphatic carbocycles. The van der Waals surface area contributed by atoms with Gasteiger partial charge in [-0.05, 0) is 6.92 Å². The summed E-state index contributed by atoms with van der Waals surface area (Å²) in [5.74, 6) is 0. The second-order valence-electron chi connectivity index (χ2n) is 1.17. The molecule has 0 unspecified atom stereocenters. The normalized spacial score (nSPS) is 6.67. The molecule has 0 fully saturated rings. The van der Waals surface area contributed by atoms with E-state index >= 15 is 0 Å². The molecule has 0 aromatic carbocycles. The van der Waals surface area contributed by atoms with Crippen LogP contribution in [0.2, 0.25) is 0 Å².